The fraction of sp³-hybridized carbons (Fsp3) is 0.429. The van der Waals surface area contributed by atoms with Crippen LogP contribution < -0.4 is 10.2 Å². The highest BCUT2D eigenvalue weighted by atomic mass is 16.4. The number of anilines is 1. The van der Waals surface area contributed by atoms with Gasteiger partial charge in [-0.1, -0.05) is 0 Å². The van der Waals surface area contributed by atoms with Crippen molar-refractivity contribution in [3.05, 3.63) is 29.3 Å². The molecule has 1 aliphatic rings. The highest BCUT2D eigenvalue weighted by Crippen LogP contribution is 2.30. The van der Waals surface area contributed by atoms with Crippen LogP contribution in [0.25, 0.3) is 0 Å². The standard InChI is InChI=1S/C14H18N2O3/c1-14(2,15-3)13(19)16-7-6-9-8-10(12(17)18)4-5-11(9)16/h4-5,8,15H,6-7H2,1-3H3,(H,17,18). The first-order chi connectivity index (χ1) is 8.86. The molecule has 2 N–H and O–H groups in total. The second-order valence-corrected chi connectivity index (χ2v) is 5.23. The first-order valence-corrected chi connectivity index (χ1v) is 6.24. The van der Waals surface area contributed by atoms with Crippen LogP contribution in [0.15, 0.2) is 18.2 Å². The molecule has 1 aliphatic heterocycles. The van der Waals surface area contributed by atoms with E-state index in [4.69, 9.17) is 5.11 Å². The molecule has 0 saturated carbocycles. The van der Waals surface area contributed by atoms with Crippen LogP contribution in [0.4, 0.5) is 5.69 Å². The maximum atomic E-state index is 12.4. The van der Waals surface area contributed by atoms with Gasteiger partial charge in [-0.2, -0.15) is 0 Å². The number of likely N-dealkylation sites (N-methyl/N-ethyl adjacent to an activating group) is 1. The van der Waals surface area contributed by atoms with Crippen molar-refractivity contribution in [2.24, 2.45) is 0 Å². The summed E-state index contributed by atoms with van der Waals surface area (Å²) in [6.07, 6.45) is 0.696. The highest BCUT2D eigenvalue weighted by molar-refractivity contribution is 6.01. The average Bonchev–Trinajstić information content (AvgIpc) is 2.80. The monoisotopic (exact) mass is 262 g/mol. The zero-order valence-electron chi connectivity index (χ0n) is 11.4. The normalized spacial score (nSPS) is 14.4. The quantitative estimate of drug-likeness (QED) is 0.860. The largest absolute Gasteiger partial charge is 0.478 e. The van der Waals surface area contributed by atoms with Gasteiger partial charge in [0.25, 0.3) is 0 Å². The number of hydrogen-bond donors (Lipinski definition) is 2. The van der Waals surface area contributed by atoms with Crippen LogP contribution in [0.2, 0.25) is 0 Å². The number of aromatic carboxylic acids is 1. The Bertz CT molecular complexity index is 537. The first-order valence-electron chi connectivity index (χ1n) is 6.24. The second-order valence-electron chi connectivity index (χ2n) is 5.23. The van der Waals surface area contributed by atoms with Crippen LogP contribution in [0.3, 0.4) is 0 Å². The number of nitrogens with zero attached hydrogens (tertiary/aromatic N) is 1. The summed E-state index contributed by atoms with van der Waals surface area (Å²) in [7, 11) is 1.75. The van der Waals surface area contributed by atoms with Crippen molar-refractivity contribution in [1.82, 2.24) is 5.32 Å². The molecule has 1 amide bonds. The van der Waals surface area contributed by atoms with E-state index in [1.165, 1.54) is 0 Å². The SMILES string of the molecule is CNC(C)(C)C(=O)N1CCc2cc(C(=O)O)ccc21. The van der Waals surface area contributed by atoms with Crippen molar-refractivity contribution < 1.29 is 14.7 Å². The molecule has 1 aromatic rings. The van der Waals surface area contributed by atoms with Gasteiger partial charge >= 0.3 is 5.97 Å². The number of carbonyl (C=O) groups excluding carboxylic acids is 1. The molecule has 5 heteroatoms. The minimum atomic E-state index is -0.942. The van der Waals surface area contributed by atoms with Crippen molar-refractivity contribution in [2.45, 2.75) is 25.8 Å². The maximum Gasteiger partial charge on any atom is 0.335 e. The molecule has 0 spiro atoms. The van der Waals surface area contributed by atoms with Crippen LogP contribution in [-0.4, -0.2) is 36.1 Å². The van der Waals surface area contributed by atoms with Gasteiger partial charge in [0.15, 0.2) is 0 Å². The maximum absolute atomic E-state index is 12.4. The summed E-state index contributed by atoms with van der Waals surface area (Å²) in [4.78, 5) is 25.1. The van der Waals surface area contributed by atoms with Gasteiger partial charge in [0.05, 0.1) is 11.1 Å². The lowest BCUT2D eigenvalue weighted by Gasteiger charge is -2.29. The lowest BCUT2D eigenvalue weighted by molar-refractivity contribution is -0.123. The molecule has 1 heterocycles. The summed E-state index contributed by atoms with van der Waals surface area (Å²) >= 11 is 0. The summed E-state index contributed by atoms with van der Waals surface area (Å²) < 4.78 is 0. The minimum Gasteiger partial charge on any atom is -0.478 e. The molecule has 102 valence electrons. The zero-order chi connectivity index (χ0) is 14.2. The molecule has 2 rings (SSSR count). The van der Waals surface area contributed by atoms with Gasteiger partial charge in [0.2, 0.25) is 5.91 Å². The van der Waals surface area contributed by atoms with E-state index in [2.05, 4.69) is 5.32 Å². The van der Waals surface area contributed by atoms with Gasteiger partial charge in [-0.15, -0.1) is 0 Å². The molecule has 19 heavy (non-hydrogen) atoms. The number of amides is 1. The van der Waals surface area contributed by atoms with Crippen molar-refractivity contribution in [2.75, 3.05) is 18.5 Å². The van der Waals surface area contributed by atoms with E-state index < -0.39 is 11.5 Å². The van der Waals surface area contributed by atoms with Crippen LogP contribution >= 0.6 is 0 Å². The minimum absolute atomic E-state index is 0.00294. The Morgan fingerprint density at radius 2 is 2.05 bits per heavy atom. The van der Waals surface area contributed by atoms with E-state index in [0.29, 0.717) is 13.0 Å². The number of carboxylic acid groups (broad SMARTS) is 1. The summed E-state index contributed by atoms with van der Waals surface area (Å²) in [6.45, 7) is 4.26. The van der Waals surface area contributed by atoms with E-state index in [1.807, 2.05) is 13.8 Å². The Kier molecular flexibility index (Phi) is 3.32. The van der Waals surface area contributed by atoms with Crippen LogP contribution in [0.5, 0.6) is 0 Å². The summed E-state index contributed by atoms with van der Waals surface area (Å²) in [6, 6.07) is 4.91. The third kappa shape index (κ3) is 2.33. The molecule has 1 aromatic carbocycles. The predicted octanol–water partition coefficient (Wildman–Crippen LogP) is 1.27. The molecule has 0 aromatic heterocycles. The van der Waals surface area contributed by atoms with E-state index >= 15 is 0 Å². The number of fused-ring (bicyclic) bond motifs is 1. The fourth-order valence-corrected chi connectivity index (χ4v) is 2.19. The fourth-order valence-electron chi connectivity index (χ4n) is 2.19. The third-order valence-electron chi connectivity index (χ3n) is 3.63. The molecule has 0 radical (unpaired) electrons. The van der Waals surface area contributed by atoms with Crippen LogP contribution in [0, 0.1) is 0 Å². The number of benzene rings is 1. The lowest BCUT2D eigenvalue weighted by Crippen LogP contribution is -2.52. The van der Waals surface area contributed by atoms with Crippen molar-refractivity contribution >= 4 is 17.6 Å². The van der Waals surface area contributed by atoms with E-state index in [0.717, 1.165) is 11.3 Å². The summed E-state index contributed by atoms with van der Waals surface area (Å²) in [5, 5.41) is 12.0. The number of rotatable bonds is 3. The molecule has 0 aliphatic carbocycles. The Balaban J connectivity index is 2.33. The zero-order valence-corrected chi connectivity index (χ0v) is 11.4. The van der Waals surface area contributed by atoms with Gasteiger partial charge in [0, 0.05) is 12.2 Å². The first kappa shape index (κ1) is 13.5. The number of nitrogens with one attached hydrogen (secondary N) is 1. The number of carboxylic acids is 1. The molecule has 5 nitrogen and oxygen atoms in total. The van der Waals surface area contributed by atoms with Crippen molar-refractivity contribution in [3.63, 3.8) is 0 Å². The number of carbonyl (C=O) groups is 2. The van der Waals surface area contributed by atoms with Gasteiger partial charge in [-0.05, 0) is 51.1 Å². The highest BCUT2D eigenvalue weighted by Gasteiger charge is 2.34. The van der Waals surface area contributed by atoms with Gasteiger partial charge in [-0.25, -0.2) is 4.79 Å². The Labute approximate surface area is 112 Å². The predicted molar refractivity (Wildman–Crippen MR) is 72.6 cm³/mol. The Morgan fingerprint density at radius 3 is 2.63 bits per heavy atom. The molecule has 0 bridgehead atoms. The van der Waals surface area contributed by atoms with E-state index in [-0.39, 0.29) is 11.5 Å². The Hall–Kier alpha value is -1.88. The lowest BCUT2D eigenvalue weighted by atomic mass is 10.0. The van der Waals surface area contributed by atoms with E-state index in [1.54, 1.807) is 30.1 Å². The smallest absolute Gasteiger partial charge is 0.335 e. The summed E-state index contributed by atoms with van der Waals surface area (Å²) in [5.41, 5.74) is 1.37. The van der Waals surface area contributed by atoms with Gasteiger partial charge in [0.1, 0.15) is 0 Å². The average molecular weight is 262 g/mol. The van der Waals surface area contributed by atoms with Crippen LogP contribution in [0.1, 0.15) is 29.8 Å². The molecule has 0 saturated heterocycles. The molecule has 0 atom stereocenters. The van der Waals surface area contributed by atoms with Gasteiger partial charge in [-0.3, -0.25) is 4.79 Å². The van der Waals surface area contributed by atoms with Gasteiger partial charge < -0.3 is 15.3 Å². The van der Waals surface area contributed by atoms with Crippen molar-refractivity contribution in [3.8, 4) is 0 Å². The van der Waals surface area contributed by atoms with E-state index in [9.17, 15) is 9.59 Å². The Morgan fingerprint density at radius 1 is 1.37 bits per heavy atom. The topological polar surface area (TPSA) is 69.6 Å². The number of hydrogen-bond acceptors (Lipinski definition) is 3. The van der Waals surface area contributed by atoms with Crippen molar-refractivity contribution in [1.29, 1.82) is 0 Å². The molecule has 0 unspecified atom stereocenters. The third-order valence-corrected chi connectivity index (χ3v) is 3.63. The summed E-state index contributed by atoms with van der Waals surface area (Å²) in [5.74, 6) is -0.944. The second kappa shape index (κ2) is 4.66. The molecular formula is C14H18N2O3. The van der Waals surface area contributed by atoms with Crippen LogP contribution in [-0.2, 0) is 11.2 Å². The molecule has 0 fully saturated rings. The molecular weight excluding hydrogens is 244 g/mol.